The Morgan fingerprint density at radius 3 is 2.61 bits per heavy atom. The van der Waals surface area contributed by atoms with Gasteiger partial charge >= 0.3 is 0 Å². The summed E-state index contributed by atoms with van der Waals surface area (Å²) < 4.78 is 5.31. The van der Waals surface area contributed by atoms with Gasteiger partial charge in [0.25, 0.3) is 5.91 Å². The molecule has 2 rings (SSSR count). The van der Waals surface area contributed by atoms with Crippen molar-refractivity contribution in [3.05, 3.63) is 24.3 Å². The monoisotopic (exact) mass is 250 g/mol. The molecule has 0 radical (unpaired) electrons. The predicted octanol–water partition coefficient (Wildman–Crippen LogP) is 0.536. The molecule has 1 fully saturated rings. The summed E-state index contributed by atoms with van der Waals surface area (Å²) in [4.78, 5) is 11.5. The number of nitrogens with one attached hydrogen (secondary N) is 1. The molecule has 0 spiro atoms. The van der Waals surface area contributed by atoms with E-state index in [0.717, 1.165) is 12.8 Å². The molecule has 5 nitrogen and oxygen atoms in total. The first kappa shape index (κ1) is 12.7. The molecular formula is C13H18N2O3. The number of aliphatic hydroxyl groups excluding tert-OH is 1. The van der Waals surface area contributed by atoms with E-state index in [0.29, 0.717) is 18.0 Å². The van der Waals surface area contributed by atoms with Crippen molar-refractivity contribution in [2.45, 2.75) is 12.8 Å². The van der Waals surface area contributed by atoms with Crippen LogP contribution in [0.15, 0.2) is 24.3 Å². The van der Waals surface area contributed by atoms with Crippen LogP contribution in [0.5, 0.6) is 5.75 Å². The summed E-state index contributed by atoms with van der Waals surface area (Å²) in [5.74, 6) is 0.439. The topological polar surface area (TPSA) is 84.6 Å². The molecule has 18 heavy (non-hydrogen) atoms. The number of ether oxygens (including phenoxy) is 1. The zero-order valence-electron chi connectivity index (χ0n) is 10.2. The number of anilines is 1. The summed E-state index contributed by atoms with van der Waals surface area (Å²) in [5.41, 5.74) is 6.13. The van der Waals surface area contributed by atoms with Crippen molar-refractivity contribution in [2.75, 3.05) is 25.5 Å². The van der Waals surface area contributed by atoms with E-state index in [4.69, 9.17) is 15.6 Å². The van der Waals surface area contributed by atoms with Gasteiger partial charge in [0.1, 0.15) is 5.75 Å². The molecule has 5 heteroatoms. The number of nitrogen functional groups attached to an aromatic ring is 1. The van der Waals surface area contributed by atoms with Crippen LogP contribution in [0, 0.1) is 5.41 Å². The zero-order chi connectivity index (χ0) is 13.0. The van der Waals surface area contributed by atoms with Crippen LogP contribution in [0.25, 0.3) is 0 Å². The highest BCUT2D eigenvalue weighted by molar-refractivity contribution is 5.77. The number of rotatable bonds is 6. The van der Waals surface area contributed by atoms with Crippen LogP contribution in [0.4, 0.5) is 5.69 Å². The maximum atomic E-state index is 11.5. The summed E-state index contributed by atoms with van der Waals surface area (Å²) >= 11 is 0. The van der Waals surface area contributed by atoms with Gasteiger partial charge in [-0.05, 0) is 37.1 Å². The number of carbonyl (C=O) groups excluding carboxylic acids is 1. The Balaban J connectivity index is 1.70. The molecule has 0 unspecified atom stereocenters. The van der Waals surface area contributed by atoms with E-state index in [1.807, 2.05) is 0 Å². The van der Waals surface area contributed by atoms with Crippen molar-refractivity contribution in [3.8, 4) is 5.75 Å². The third-order valence-electron chi connectivity index (χ3n) is 3.20. The van der Waals surface area contributed by atoms with Crippen molar-refractivity contribution in [3.63, 3.8) is 0 Å². The van der Waals surface area contributed by atoms with Crippen LogP contribution in [0.1, 0.15) is 12.8 Å². The van der Waals surface area contributed by atoms with Gasteiger partial charge in [-0.1, -0.05) is 0 Å². The fourth-order valence-electron chi connectivity index (χ4n) is 1.62. The van der Waals surface area contributed by atoms with E-state index >= 15 is 0 Å². The number of benzene rings is 1. The molecule has 1 saturated carbocycles. The van der Waals surface area contributed by atoms with Crippen LogP contribution in [0.3, 0.4) is 0 Å². The molecule has 0 saturated heterocycles. The van der Waals surface area contributed by atoms with Gasteiger partial charge in [0.2, 0.25) is 0 Å². The Labute approximate surface area is 106 Å². The average Bonchev–Trinajstić information content (AvgIpc) is 3.16. The fourth-order valence-corrected chi connectivity index (χ4v) is 1.62. The highest BCUT2D eigenvalue weighted by atomic mass is 16.5. The summed E-state index contributed by atoms with van der Waals surface area (Å²) in [6, 6.07) is 6.88. The molecule has 1 amide bonds. The number of nitrogens with two attached hydrogens (primary N) is 1. The lowest BCUT2D eigenvalue weighted by atomic mass is 10.1. The molecule has 4 N–H and O–H groups in total. The Bertz CT molecular complexity index is 413. The molecule has 0 heterocycles. The molecule has 1 aliphatic carbocycles. The number of amides is 1. The third-order valence-corrected chi connectivity index (χ3v) is 3.20. The third kappa shape index (κ3) is 3.37. The SMILES string of the molecule is Nc1ccc(OCC(=O)NCC2(CO)CC2)cc1. The van der Waals surface area contributed by atoms with Crippen LogP contribution in [-0.2, 0) is 4.79 Å². The Hall–Kier alpha value is -1.75. The average molecular weight is 250 g/mol. The highest BCUT2D eigenvalue weighted by Crippen LogP contribution is 2.44. The number of aliphatic hydroxyl groups is 1. The zero-order valence-corrected chi connectivity index (χ0v) is 10.2. The van der Waals surface area contributed by atoms with Crippen molar-refractivity contribution in [1.29, 1.82) is 0 Å². The lowest BCUT2D eigenvalue weighted by Crippen LogP contribution is -2.35. The number of carbonyl (C=O) groups is 1. The normalized spacial score (nSPS) is 16.1. The van der Waals surface area contributed by atoms with E-state index < -0.39 is 0 Å². The second kappa shape index (κ2) is 5.27. The molecule has 0 aromatic heterocycles. The standard InChI is InChI=1S/C13H18N2O3/c14-10-1-3-11(4-2-10)18-7-12(17)15-8-13(9-16)5-6-13/h1-4,16H,5-9,14H2,(H,15,17). The Morgan fingerprint density at radius 2 is 2.06 bits per heavy atom. The summed E-state index contributed by atoms with van der Waals surface area (Å²) in [6.45, 7) is 0.630. The molecule has 1 aromatic rings. The first-order chi connectivity index (χ1) is 8.63. The molecular weight excluding hydrogens is 232 g/mol. The summed E-state index contributed by atoms with van der Waals surface area (Å²) in [7, 11) is 0. The minimum Gasteiger partial charge on any atom is -0.484 e. The first-order valence-corrected chi connectivity index (χ1v) is 5.99. The largest absolute Gasteiger partial charge is 0.484 e. The van der Waals surface area contributed by atoms with Crippen molar-refractivity contribution in [1.82, 2.24) is 5.32 Å². The Kier molecular flexibility index (Phi) is 3.72. The van der Waals surface area contributed by atoms with Crippen LogP contribution < -0.4 is 15.8 Å². The molecule has 0 atom stereocenters. The van der Waals surface area contributed by atoms with Gasteiger partial charge in [0.05, 0.1) is 6.61 Å². The van der Waals surface area contributed by atoms with Crippen molar-refractivity contribution >= 4 is 11.6 Å². The lowest BCUT2D eigenvalue weighted by Gasteiger charge is -2.13. The van der Waals surface area contributed by atoms with Crippen molar-refractivity contribution < 1.29 is 14.6 Å². The van der Waals surface area contributed by atoms with Crippen LogP contribution >= 0.6 is 0 Å². The van der Waals surface area contributed by atoms with Gasteiger partial charge < -0.3 is 20.9 Å². The summed E-state index contributed by atoms with van der Waals surface area (Å²) in [6.07, 6.45) is 1.95. The van der Waals surface area contributed by atoms with E-state index in [2.05, 4.69) is 5.32 Å². The maximum Gasteiger partial charge on any atom is 0.257 e. The van der Waals surface area contributed by atoms with E-state index in [1.165, 1.54) is 0 Å². The quantitative estimate of drug-likeness (QED) is 0.643. The first-order valence-electron chi connectivity index (χ1n) is 5.99. The smallest absolute Gasteiger partial charge is 0.257 e. The highest BCUT2D eigenvalue weighted by Gasteiger charge is 2.41. The van der Waals surface area contributed by atoms with E-state index in [9.17, 15) is 4.79 Å². The summed E-state index contributed by atoms with van der Waals surface area (Å²) in [5, 5.41) is 11.9. The van der Waals surface area contributed by atoms with Gasteiger partial charge in [-0.15, -0.1) is 0 Å². The second-order valence-electron chi connectivity index (χ2n) is 4.79. The molecule has 0 bridgehead atoms. The molecule has 0 aliphatic heterocycles. The molecule has 1 aromatic carbocycles. The van der Waals surface area contributed by atoms with Crippen LogP contribution in [0.2, 0.25) is 0 Å². The van der Waals surface area contributed by atoms with Crippen LogP contribution in [-0.4, -0.2) is 30.8 Å². The Morgan fingerprint density at radius 1 is 1.39 bits per heavy atom. The van der Waals surface area contributed by atoms with Gasteiger partial charge in [0.15, 0.2) is 6.61 Å². The van der Waals surface area contributed by atoms with Gasteiger partial charge in [0, 0.05) is 17.6 Å². The molecule has 1 aliphatic rings. The number of hydrogen-bond acceptors (Lipinski definition) is 4. The fraction of sp³-hybridized carbons (Fsp3) is 0.462. The van der Waals surface area contributed by atoms with Gasteiger partial charge in [-0.2, -0.15) is 0 Å². The lowest BCUT2D eigenvalue weighted by molar-refractivity contribution is -0.123. The molecule has 98 valence electrons. The minimum absolute atomic E-state index is 0.0224. The predicted molar refractivity (Wildman–Crippen MR) is 68.1 cm³/mol. The minimum atomic E-state index is -0.174. The van der Waals surface area contributed by atoms with Crippen molar-refractivity contribution in [2.24, 2.45) is 5.41 Å². The maximum absolute atomic E-state index is 11.5. The van der Waals surface area contributed by atoms with Gasteiger partial charge in [-0.25, -0.2) is 0 Å². The van der Waals surface area contributed by atoms with E-state index in [1.54, 1.807) is 24.3 Å². The number of hydrogen-bond donors (Lipinski definition) is 3. The van der Waals surface area contributed by atoms with Gasteiger partial charge in [-0.3, -0.25) is 4.79 Å². The second-order valence-corrected chi connectivity index (χ2v) is 4.79. The van der Waals surface area contributed by atoms with E-state index in [-0.39, 0.29) is 24.5 Å².